The van der Waals surface area contributed by atoms with E-state index in [-0.39, 0.29) is 47.9 Å². The van der Waals surface area contributed by atoms with Crippen LogP contribution in [0.25, 0.3) is 0 Å². The number of nitrogens with one attached hydrogen (secondary N) is 9. The van der Waals surface area contributed by atoms with Gasteiger partial charge in [-0.3, -0.25) is 28.8 Å². The fourth-order valence-corrected chi connectivity index (χ4v) is 9.57. The Bertz CT molecular complexity index is 2660. The van der Waals surface area contributed by atoms with E-state index in [1.54, 1.807) is 20.8 Å². The molecule has 19 heteroatoms. The number of carbonyl (C=O) groups is 6. The molecular formula is C65H85ClN12O6. The minimum atomic E-state index is -0.866. The van der Waals surface area contributed by atoms with Gasteiger partial charge in [0.15, 0.2) is 0 Å². The Balaban J connectivity index is 0.0000129. The average Bonchev–Trinajstić information content (AvgIpc) is 1.55. The highest BCUT2D eigenvalue weighted by molar-refractivity contribution is 6.00. The van der Waals surface area contributed by atoms with E-state index in [1.807, 2.05) is 164 Å². The first-order valence-corrected chi connectivity index (χ1v) is 28.8. The van der Waals surface area contributed by atoms with Gasteiger partial charge in [0, 0.05) is 39.5 Å². The molecule has 0 fully saturated rings. The lowest BCUT2D eigenvalue weighted by Gasteiger charge is -2.32. The first-order valence-electron chi connectivity index (χ1n) is 28.8. The molecule has 0 aliphatic heterocycles. The molecule has 0 spiro atoms. The molecule has 84 heavy (non-hydrogen) atoms. The van der Waals surface area contributed by atoms with E-state index < -0.39 is 41.7 Å². The Morgan fingerprint density at radius 2 is 0.583 bits per heavy atom. The van der Waals surface area contributed by atoms with Gasteiger partial charge in [-0.25, -0.2) is 0 Å². The van der Waals surface area contributed by atoms with Crippen LogP contribution >= 0.6 is 12.4 Å². The van der Waals surface area contributed by atoms with Crippen molar-refractivity contribution < 1.29 is 28.8 Å². The Kier molecular flexibility index (Phi) is 27.2. The van der Waals surface area contributed by atoms with Crippen molar-refractivity contribution in [2.75, 3.05) is 51.5 Å². The molecule has 0 aliphatic rings. The van der Waals surface area contributed by atoms with Gasteiger partial charge in [0.2, 0.25) is 35.4 Å². The number of hydrogen-bond acceptors (Lipinski definition) is 12. The number of benzene rings is 6. The second-order valence-corrected chi connectivity index (χ2v) is 21.1. The largest absolute Gasteiger partial charge is 0.374 e. The first-order chi connectivity index (χ1) is 40.1. The molecule has 6 rings (SSSR count). The number of amides is 6. The third-order valence-electron chi connectivity index (χ3n) is 14.6. The molecule has 0 bridgehead atoms. The number of para-hydroxylation sites is 3. The van der Waals surface area contributed by atoms with Crippen molar-refractivity contribution in [2.45, 2.75) is 127 Å². The second-order valence-electron chi connectivity index (χ2n) is 21.1. The Morgan fingerprint density at radius 3 is 0.810 bits per heavy atom. The maximum Gasteiger partial charge on any atom is 0.246 e. The van der Waals surface area contributed by atoms with Crippen LogP contribution in [0.3, 0.4) is 0 Å². The summed E-state index contributed by atoms with van der Waals surface area (Å²) in [6.07, 6.45) is 5.13. The van der Waals surface area contributed by atoms with Crippen molar-refractivity contribution in [1.29, 1.82) is 0 Å². The molecule has 0 radical (unpaired) electrons. The third-order valence-corrected chi connectivity index (χ3v) is 14.6. The molecule has 18 nitrogen and oxygen atoms in total. The molecule has 0 saturated heterocycles. The lowest BCUT2D eigenvalue weighted by molar-refractivity contribution is -0.127. The van der Waals surface area contributed by atoms with E-state index in [4.69, 9.17) is 17.2 Å². The van der Waals surface area contributed by atoms with E-state index >= 15 is 0 Å². The van der Waals surface area contributed by atoms with Gasteiger partial charge >= 0.3 is 0 Å². The molecule has 6 amide bonds. The Hall–Kier alpha value is -8.29. The van der Waals surface area contributed by atoms with Crippen molar-refractivity contribution in [3.8, 4) is 0 Å². The van der Waals surface area contributed by atoms with Crippen LogP contribution in [-0.4, -0.2) is 91.3 Å². The van der Waals surface area contributed by atoms with Gasteiger partial charge in [0.05, 0.1) is 0 Å². The number of unbranched alkanes of at least 4 members (excludes halogenated alkanes) is 3. The number of nitrogens with two attached hydrogens (primary N) is 3. The van der Waals surface area contributed by atoms with Crippen LogP contribution in [0.5, 0.6) is 0 Å². The van der Waals surface area contributed by atoms with Gasteiger partial charge in [-0.2, -0.15) is 0 Å². The van der Waals surface area contributed by atoms with Crippen LogP contribution in [0, 0.1) is 0 Å². The van der Waals surface area contributed by atoms with E-state index in [1.165, 1.54) is 0 Å². The summed E-state index contributed by atoms with van der Waals surface area (Å²) in [5.74, 6) is -2.08. The fourth-order valence-electron chi connectivity index (χ4n) is 9.57. The quantitative estimate of drug-likeness (QED) is 0.0136. The maximum absolute atomic E-state index is 14.0. The van der Waals surface area contributed by atoms with Crippen molar-refractivity contribution in [1.82, 2.24) is 16.0 Å². The third kappa shape index (κ3) is 20.3. The summed E-state index contributed by atoms with van der Waals surface area (Å²) >= 11 is 0. The Labute approximate surface area is 500 Å². The monoisotopic (exact) mass is 1160 g/mol. The number of halogens is 1. The highest BCUT2D eigenvalue weighted by Crippen LogP contribution is 2.40. The van der Waals surface area contributed by atoms with Gasteiger partial charge in [-0.15, -0.1) is 12.4 Å². The van der Waals surface area contributed by atoms with Crippen LogP contribution in [0.2, 0.25) is 0 Å². The van der Waals surface area contributed by atoms with Gasteiger partial charge < -0.3 is 65.1 Å². The smallest absolute Gasteiger partial charge is 0.246 e. The summed E-state index contributed by atoms with van der Waals surface area (Å²) in [6, 6.07) is 46.3. The summed E-state index contributed by atoms with van der Waals surface area (Å²) in [5.41, 5.74) is 23.0. The zero-order valence-electron chi connectivity index (χ0n) is 48.6. The SMILES string of the molecule is CC(Nc1ccccc1)C(=O)N[C@@H](CCCCN)C(=O)Nc1ccc(C(C)(c2ccc(NC(=O)[C@H](CCCCN)NC(=O)C(C)Nc3ccccc3)cc2)c2ccc(NC(=O)[C@H](CCCCN)NC(=O)C(C)Nc3ccccc3)cc2)cc1.Cl. The molecule has 15 N–H and O–H groups in total. The van der Waals surface area contributed by atoms with E-state index in [9.17, 15) is 28.8 Å². The summed E-state index contributed by atoms with van der Waals surface area (Å²) in [7, 11) is 0. The van der Waals surface area contributed by atoms with Gasteiger partial charge in [0.25, 0.3) is 0 Å². The molecule has 0 heterocycles. The van der Waals surface area contributed by atoms with Crippen LogP contribution < -0.4 is 65.1 Å². The van der Waals surface area contributed by atoms with Crippen molar-refractivity contribution in [2.24, 2.45) is 17.2 Å². The maximum atomic E-state index is 14.0. The summed E-state index contributed by atoms with van der Waals surface area (Å²) in [6.45, 7) is 8.66. The van der Waals surface area contributed by atoms with Crippen LogP contribution in [0.1, 0.15) is 102 Å². The Morgan fingerprint density at radius 1 is 0.345 bits per heavy atom. The van der Waals surface area contributed by atoms with Crippen molar-refractivity contribution in [3.05, 3.63) is 180 Å². The molecule has 448 valence electrons. The summed E-state index contributed by atoms with van der Waals surface area (Å²) in [4.78, 5) is 82.3. The summed E-state index contributed by atoms with van der Waals surface area (Å²) < 4.78 is 0. The standard InChI is InChI=1S/C65H84N12O6.ClH/c1-44(69-50-20-8-5-9-21-50)59(78)75-56(26-14-17-41-66)62(81)72-53-35-29-47(30-36-53)65(4,48-31-37-54(38-32-48)73-63(82)57(27-15-18-42-67)76-60(79)45(2)70-51-22-10-6-11-23-51)49-33-39-55(40-34-49)74-64(83)58(28-16-19-43-68)77-61(80)46(3)71-52-24-12-7-13-25-52;/h5-13,20-25,29-40,44-46,56-58,69-71H,14-19,26-28,41-43,66-68H2,1-4H3,(H,72,81)(H,73,82)(H,74,83)(H,75,78)(H,76,79)(H,77,80);1H/t44?,45?,46?,56-,57-,58-,65?;/m0./s1. The minimum absolute atomic E-state index is 0. The average molecular weight is 1170 g/mol. The molecule has 6 atom stereocenters. The number of hydrogen-bond donors (Lipinski definition) is 12. The van der Waals surface area contributed by atoms with E-state index in [0.717, 1.165) is 33.8 Å². The predicted octanol–water partition coefficient (Wildman–Crippen LogP) is 8.62. The predicted molar refractivity (Wildman–Crippen MR) is 341 cm³/mol. The molecule has 0 saturated carbocycles. The van der Waals surface area contributed by atoms with Crippen LogP contribution in [0.15, 0.2) is 164 Å². The molecule has 6 aromatic rings. The molecule has 0 aromatic heterocycles. The van der Waals surface area contributed by atoms with Gasteiger partial charge in [-0.1, -0.05) is 91.0 Å². The zero-order chi connectivity index (χ0) is 59.6. The zero-order valence-corrected chi connectivity index (χ0v) is 49.4. The second kappa shape index (κ2) is 34.3. The molecule has 6 aromatic carbocycles. The normalized spacial score (nSPS) is 13.8. The topological polar surface area (TPSA) is 289 Å². The number of carbonyl (C=O) groups excluding carboxylic acids is 6. The van der Waals surface area contributed by atoms with Crippen molar-refractivity contribution >= 4 is 82.0 Å². The molecule has 0 aliphatic carbocycles. The van der Waals surface area contributed by atoms with E-state index in [0.29, 0.717) is 94.5 Å². The number of rotatable bonds is 33. The molecule has 3 unspecified atom stereocenters. The van der Waals surface area contributed by atoms with Gasteiger partial charge in [0.1, 0.15) is 36.3 Å². The lowest BCUT2D eigenvalue weighted by atomic mass is 9.71. The van der Waals surface area contributed by atoms with E-state index in [2.05, 4.69) is 54.8 Å². The summed E-state index contributed by atoms with van der Waals surface area (Å²) in [5, 5.41) is 27.5. The fraction of sp³-hybridized carbons (Fsp3) is 0.354. The van der Waals surface area contributed by atoms with Crippen LogP contribution in [-0.2, 0) is 34.2 Å². The first kappa shape index (κ1) is 66.5. The molecular weight excluding hydrogens is 1080 g/mol. The van der Waals surface area contributed by atoms with Crippen LogP contribution in [0.4, 0.5) is 34.1 Å². The number of anilines is 6. The highest BCUT2D eigenvalue weighted by Gasteiger charge is 2.33. The lowest BCUT2D eigenvalue weighted by Crippen LogP contribution is -2.48. The minimum Gasteiger partial charge on any atom is -0.374 e. The van der Waals surface area contributed by atoms with Crippen molar-refractivity contribution in [3.63, 3.8) is 0 Å². The highest BCUT2D eigenvalue weighted by atomic mass is 35.5. The van der Waals surface area contributed by atoms with Gasteiger partial charge in [-0.05, 0) is 195 Å².